The third-order valence-electron chi connectivity index (χ3n) is 3.90. The van der Waals surface area contributed by atoms with E-state index in [9.17, 15) is 22.8 Å². The van der Waals surface area contributed by atoms with Crippen LogP contribution in [0, 0.1) is 0 Å². The standard InChI is InChI=1S/C11H15N7O7S/c19-9(4-16-6-12-5-13-16)14-15-10(20)8-2-1-7-3-17(8)11(21)18(7)25-26(22,23)24/h5-8H,1-4H2,(H,14,19)(H,15,20)(H,22,23,24). The first-order valence-corrected chi connectivity index (χ1v) is 8.79. The Bertz CT molecular complexity index is 811. The van der Waals surface area contributed by atoms with Gasteiger partial charge >= 0.3 is 16.4 Å². The Morgan fingerprint density at radius 3 is 2.77 bits per heavy atom. The highest BCUT2D eigenvalue weighted by molar-refractivity contribution is 7.80. The Morgan fingerprint density at radius 1 is 1.35 bits per heavy atom. The van der Waals surface area contributed by atoms with Crippen molar-refractivity contribution in [3.63, 3.8) is 0 Å². The van der Waals surface area contributed by atoms with Crippen LogP contribution in [0.25, 0.3) is 0 Å². The smallest absolute Gasteiger partial charge is 0.309 e. The third-order valence-corrected chi connectivity index (χ3v) is 4.25. The summed E-state index contributed by atoms with van der Waals surface area (Å²) in [7, 11) is -4.86. The van der Waals surface area contributed by atoms with Gasteiger partial charge in [0, 0.05) is 6.54 Å². The summed E-state index contributed by atoms with van der Waals surface area (Å²) in [4.78, 5) is 40.9. The molecular weight excluding hydrogens is 374 g/mol. The molecule has 0 saturated carbocycles. The lowest BCUT2D eigenvalue weighted by Crippen LogP contribution is -2.54. The number of aromatic nitrogens is 3. The SMILES string of the molecule is O=C(Cn1cncn1)NNC(=O)C1CCC2CN1C(=O)N2OS(=O)(=O)O. The van der Waals surface area contributed by atoms with Crippen LogP contribution in [0.4, 0.5) is 4.79 Å². The Labute approximate surface area is 147 Å². The quantitative estimate of drug-likeness (QED) is 0.361. The van der Waals surface area contributed by atoms with Crippen LogP contribution in [-0.4, -0.2) is 74.2 Å². The van der Waals surface area contributed by atoms with E-state index in [4.69, 9.17) is 4.55 Å². The van der Waals surface area contributed by atoms with Crippen molar-refractivity contribution < 1.29 is 31.6 Å². The molecule has 26 heavy (non-hydrogen) atoms. The van der Waals surface area contributed by atoms with E-state index in [0.29, 0.717) is 5.06 Å². The largest absolute Gasteiger partial charge is 0.418 e. The van der Waals surface area contributed by atoms with Crippen LogP contribution in [0.2, 0.25) is 0 Å². The van der Waals surface area contributed by atoms with Crippen molar-refractivity contribution in [2.75, 3.05) is 6.54 Å². The molecule has 2 bridgehead atoms. The zero-order valence-electron chi connectivity index (χ0n) is 13.2. The van der Waals surface area contributed by atoms with Gasteiger partial charge in [-0.05, 0) is 12.8 Å². The van der Waals surface area contributed by atoms with Gasteiger partial charge in [0.25, 0.3) is 11.8 Å². The molecule has 2 aliphatic heterocycles. The second-order valence-electron chi connectivity index (χ2n) is 5.64. The van der Waals surface area contributed by atoms with Gasteiger partial charge in [-0.2, -0.15) is 18.6 Å². The Kier molecular flexibility index (Phi) is 4.75. The molecule has 15 heteroatoms. The van der Waals surface area contributed by atoms with E-state index >= 15 is 0 Å². The van der Waals surface area contributed by atoms with Crippen molar-refractivity contribution in [3.8, 4) is 0 Å². The maximum Gasteiger partial charge on any atom is 0.418 e. The highest BCUT2D eigenvalue weighted by atomic mass is 32.3. The molecule has 2 unspecified atom stereocenters. The van der Waals surface area contributed by atoms with Crippen molar-refractivity contribution in [2.45, 2.75) is 31.5 Å². The molecule has 2 saturated heterocycles. The molecule has 1 aromatic rings. The van der Waals surface area contributed by atoms with Gasteiger partial charge in [0.05, 0.1) is 6.04 Å². The number of fused-ring (bicyclic) bond motifs is 2. The molecule has 142 valence electrons. The van der Waals surface area contributed by atoms with Crippen molar-refractivity contribution in [1.82, 2.24) is 35.6 Å². The van der Waals surface area contributed by atoms with Gasteiger partial charge in [-0.25, -0.2) is 14.5 Å². The second kappa shape index (κ2) is 6.85. The monoisotopic (exact) mass is 389 g/mol. The van der Waals surface area contributed by atoms with Crippen LogP contribution in [0.1, 0.15) is 12.8 Å². The highest BCUT2D eigenvalue weighted by Crippen LogP contribution is 2.30. The van der Waals surface area contributed by atoms with Crippen molar-refractivity contribution in [1.29, 1.82) is 0 Å². The number of carbonyl (C=O) groups is 3. The predicted molar refractivity (Wildman–Crippen MR) is 79.7 cm³/mol. The van der Waals surface area contributed by atoms with Gasteiger partial charge in [-0.15, -0.1) is 4.28 Å². The van der Waals surface area contributed by atoms with Gasteiger partial charge in [0.1, 0.15) is 25.2 Å². The van der Waals surface area contributed by atoms with Crippen LogP contribution in [0.15, 0.2) is 12.7 Å². The van der Waals surface area contributed by atoms with Crippen LogP contribution in [0.3, 0.4) is 0 Å². The van der Waals surface area contributed by atoms with E-state index in [1.807, 2.05) is 0 Å². The molecule has 1 aromatic heterocycles. The molecule has 3 heterocycles. The number of amides is 4. The third kappa shape index (κ3) is 3.89. The molecule has 0 spiro atoms. The lowest BCUT2D eigenvalue weighted by molar-refractivity contribution is -0.132. The summed E-state index contributed by atoms with van der Waals surface area (Å²) in [6.07, 6.45) is 3.09. The zero-order chi connectivity index (χ0) is 18.9. The average molecular weight is 389 g/mol. The fourth-order valence-electron chi connectivity index (χ4n) is 2.82. The summed E-state index contributed by atoms with van der Waals surface area (Å²) in [6, 6.07) is -2.38. The minimum atomic E-state index is -4.86. The second-order valence-corrected chi connectivity index (χ2v) is 6.64. The lowest BCUT2D eigenvalue weighted by Gasteiger charge is -2.29. The number of nitrogens with zero attached hydrogens (tertiary/aromatic N) is 5. The highest BCUT2D eigenvalue weighted by Gasteiger charge is 2.49. The van der Waals surface area contributed by atoms with E-state index in [-0.39, 0.29) is 25.9 Å². The lowest BCUT2D eigenvalue weighted by atomic mass is 10.0. The summed E-state index contributed by atoms with van der Waals surface area (Å²) in [5.74, 6) is -1.20. The first-order valence-electron chi connectivity index (χ1n) is 7.42. The van der Waals surface area contributed by atoms with Crippen molar-refractivity contribution in [2.24, 2.45) is 0 Å². The van der Waals surface area contributed by atoms with Crippen LogP contribution < -0.4 is 10.9 Å². The fraction of sp³-hybridized carbons (Fsp3) is 0.545. The molecule has 2 aliphatic rings. The van der Waals surface area contributed by atoms with Gasteiger partial charge < -0.3 is 4.90 Å². The van der Waals surface area contributed by atoms with Crippen LogP contribution in [0.5, 0.6) is 0 Å². The molecule has 14 nitrogen and oxygen atoms in total. The fourth-order valence-corrected chi connectivity index (χ4v) is 3.21. The van der Waals surface area contributed by atoms with Gasteiger partial charge in [-0.3, -0.25) is 25.0 Å². The molecule has 0 aromatic carbocycles. The van der Waals surface area contributed by atoms with E-state index in [2.05, 4.69) is 25.2 Å². The van der Waals surface area contributed by atoms with Crippen molar-refractivity contribution >= 4 is 28.2 Å². The Morgan fingerprint density at radius 2 is 2.12 bits per heavy atom. The Balaban J connectivity index is 1.56. The molecule has 0 radical (unpaired) electrons. The maximum atomic E-state index is 12.2. The zero-order valence-corrected chi connectivity index (χ0v) is 14.0. The number of nitrogens with one attached hydrogen (secondary N) is 2. The summed E-state index contributed by atoms with van der Waals surface area (Å²) >= 11 is 0. The number of piperidine rings is 1. The molecular formula is C11H15N7O7S. The van der Waals surface area contributed by atoms with Crippen LogP contribution in [-0.2, 0) is 30.8 Å². The normalized spacial score (nSPS) is 22.4. The number of carbonyl (C=O) groups excluding carboxylic acids is 3. The summed E-state index contributed by atoms with van der Waals surface area (Å²) in [5, 5.41) is 4.28. The molecule has 3 N–H and O–H groups in total. The average Bonchev–Trinajstić information content (AvgIpc) is 3.15. The molecule has 4 amide bonds. The number of hydrogen-bond donors (Lipinski definition) is 3. The number of hydrazine groups is 1. The topological polar surface area (TPSA) is 176 Å². The van der Waals surface area contributed by atoms with E-state index in [0.717, 1.165) is 4.90 Å². The van der Waals surface area contributed by atoms with E-state index < -0.39 is 40.3 Å². The van der Waals surface area contributed by atoms with E-state index in [1.165, 1.54) is 17.3 Å². The molecule has 3 rings (SSSR count). The molecule has 2 atom stereocenters. The predicted octanol–water partition coefficient (Wildman–Crippen LogP) is -2.57. The Hall–Kier alpha value is -2.78. The van der Waals surface area contributed by atoms with Crippen molar-refractivity contribution in [3.05, 3.63) is 12.7 Å². The first kappa shape index (κ1) is 18.0. The number of rotatable bonds is 5. The first-order chi connectivity index (χ1) is 12.2. The van der Waals surface area contributed by atoms with Gasteiger partial charge in [-0.1, -0.05) is 0 Å². The number of urea groups is 1. The maximum absolute atomic E-state index is 12.2. The summed E-state index contributed by atoms with van der Waals surface area (Å²) in [5.41, 5.74) is 4.40. The van der Waals surface area contributed by atoms with Crippen LogP contribution >= 0.6 is 0 Å². The minimum absolute atomic E-state index is 0.0549. The van der Waals surface area contributed by atoms with Gasteiger partial charge in [0.15, 0.2) is 0 Å². The van der Waals surface area contributed by atoms with E-state index in [1.54, 1.807) is 0 Å². The molecule has 2 fully saturated rings. The van der Waals surface area contributed by atoms with Gasteiger partial charge in [0.2, 0.25) is 0 Å². The minimum Gasteiger partial charge on any atom is -0.309 e. The number of hydroxylamine groups is 2. The summed E-state index contributed by atoms with van der Waals surface area (Å²) in [6.45, 7) is -0.106. The number of hydrogen-bond acceptors (Lipinski definition) is 8. The molecule has 0 aliphatic carbocycles. The summed E-state index contributed by atoms with van der Waals surface area (Å²) < 4.78 is 35.9.